The van der Waals surface area contributed by atoms with Gasteiger partial charge in [-0.15, -0.1) is 0 Å². The van der Waals surface area contributed by atoms with Crippen molar-refractivity contribution in [2.45, 2.75) is 38.2 Å². The second kappa shape index (κ2) is 11.2. The lowest BCUT2D eigenvalue weighted by Crippen LogP contribution is -2.60. The topological polar surface area (TPSA) is 74.3 Å². The fraction of sp³-hybridized carbons (Fsp3) is 0.480. The van der Waals surface area contributed by atoms with E-state index in [1.165, 1.54) is 25.3 Å². The zero-order valence-corrected chi connectivity index (χ0v) is 20.2. The number of rotatable bonds is 10. The summed E-state index contributed by atoms with van der Waals surface area (Å²) in [6, 6.07) is 9.37. The van der Waals surface area contributed by atoms with Crippen molar-refractivity contribution in [1.29, 1.82) is 0 Å². The standard InChI is InChI=1S/C25H32F3N3O4/c1-4-30(15-13-29-2)23(33)24(35-20-9-7-19(8-10-20)25(26,27)28)12-5-14-31(24)17-18-6-11-21(32)22(16-18)34-3/h6-11,16,29,32H,4-5,12-15,17H2,1-3H3. The highest BCUT2D eigenvalue weighted by atomic mass is 19.4. The van der Waals surface area contributed by atoms with Crippen LogP contribution in [0.15, 0.2) is 42.5 Å². The summed E-state index contributed by atoms with van der Waals surface area (Å²) in [5.41, 5.74) is -1.36. The minimum Gasteiger partial charge on any atom is -0.504 e. The van der Waals surface area contributed by atoms with Gasteiger partial charge in [0.2, 0.25) is 5.72 Å². The Kier molecular flexibility index (Phi) is 8.50. The number of carbonyl (C=O) groups excluding carboxylic acids is 1. The molecular formula is C25H32F3N3O4. The highest BCUT2D eigenvalue weighted by molar-refractivity contribution is 5.85. The first-order chi connectivity index (χ1) is 16.6. The fourth-order valence-electron chi connectivity index (χ4n) is 4.30. The molecule has 192 valence electrons. The van der Waals surface area contributed by atoms with Gasteiger partial charge in [-0.1, -0.05) is 6.07 Å². The number of hydrogen-bond donors (Lipinski definition) is 2. The molecule has 10 heteroatoms. The number of phenolic OH excluding ortho intramolecular Hbond substituents is 1. The number of amides is 1. The highest BCUT2D eigenvalue weighted by Crippen LogP contribution is 2.38. The van der Waals surface area contributed by atoms with Crippen molar-refractivity contribution in [2.75, 3.05) is 40.3 Å². The molecule has 0 radical (unpaired) electrons. The number of alkyl halides is 3. The molecule has 0 spiro atoms. The summed E-state index contributed by atoms with van der Waals surface area (Å²) in [7, 11) is 3.25. The van der Waals surface area contributed by atoms with Gasteiger partial charge in [-0.3, -0.25) is 9.69 Å². The minimum absolute atomic E-state index is 0.00485. The van der Waals surface area contributed by atoms with E-state index in [0.29, 0.717) is 51.3 Å². The van der Waals surface area contributed by atoms with Crippen LogP contribution in [0.5, 0.6) is 17.2 Å². The third-order valence-corrected chi connectivity index (χ3v) is 6.18. The van der Waals surface area contributed by atoms with Crippen LogP contribution in [-0.4, -0.2) is 66.9 Å². The number of hydrogen-bond acceptors (Lipinski definition) is 6. The Labute approximate surface area is 203 Å². The van der Waals surface area contributed by atoms with Crippen LogP contribution in [0.25, 0.3) is 0 Å². The Morgan fingerprint density at radius 1 is 1.23 bits per heavy atom. The molecule has 1 atom stereocenters. The molecule has 35 heavy (non-hydrogen) atoms. The Morgan fingerprint density at radius 3 is 2.54 bits per heavy atom. The van der Waals surface area contributed by atoms with Crippen LogP contribution in [0.2, 0.25) is 0 Å². The van der Waals surface area contributed by atoms with Crippen molar-refractivity contribution >= 4 is 5.91 Å². The van der Waals surface area contributed by atoms with E-state index in [0.717, 1.165) is 17.7 Å². The molecular weight excluding hydrogens is 463 g/mol. The van der Waals surface area contributed by atoms with E-state index >= 15 is 0 Å². The molecule has 3 rings (SSSR count). The van der Waals surface area contributed by atoms with Crippen molar-refractivity contribution in [1.82, 2.24) is 15.1 Å². The van der Waals surface area contributed by atoms with Crippen LogP contribution >= 0.6 is 0 Å². The first-order valence-corrected chi connectivity index (χ1v) is 11.6. The average Bonchev–Trinajstić information content (AvgIpc) is 3.23. The van der Waals surface area contributed by atoms with E-state index in [9.17, 15) is 23.1 Å². The molecule has 1 unspecified atom stereocenters. The molecule has 2 N–H and O–H groups in total. The van der Waals surface area contributed by atoms with Gasteiger partial charge in [0.15, 0.2) is 11.5 Å². The number of likely N-dealkylation sites (tertiary alicyclic amines) is 1. The predicted octanol–water partition coefficient (Wildman–Crippen LogP) is 3.86. The van der Waals surface area contributed by atoms with Gasteiger partial charge in [0.1, 0.15) is 5.75 Å². The van der Waals surface area contributed by atoms with E-state index in [1.807, 2.05) is 11.8 Å². The van der Waals surface area contributed by atoms with E-state index in [2.05, 4.69) is 5.32 Å². The maximum absolute atomic E-state index is 13.9. The van der Waals surface area contributed by atoms with Crippen molar-refractivity contribution in [3.05, 3.63) is 53.6 Å². The van der Waals surface area contributed by atoms with Crippen LogP contribution in [0.4, 0.5) is 13.2 Å². The first-order valence-electron chi connectivity index (χ1n) is 11.6. The summed E-state index contributed by atoms with van der Waals surface area (Å²) in [4.78, 5) is 17.5. The van der Waals surface area contributed by atoms with Gasteiger partial charge in [-0.25, -0.2) is 0 Å². The Morgan fingerprint density at radius 2 is 1.94 bits per heavy atom. The summed E-state index contributed by atoms with van der Waals surface area (Å²) >= 11 is 0. The van der Waals surface area contributed by atoms with Gasteiger partial charge in [0.05, 0.1) is 12.7 Å². The van der Waals surface area contributed by atoms with Crippen molar-refractivity contribution in [3.63, 3.8) is 0 Å². The molecule has 0 bridgehead atoms. The van der Waals surface area contributed by atoms with Gasteiger partial charge < -0.3 is 24.8 Å². The lowest BCUT2D eigenvalue weighted by molar-refractivity contribution is -0.164. The number of aromatic hydroxyl groups is 1. The molecule has 1 amide bonds. The number of ether oxygens (including phenoxy) is 2. The monoisotopic (exact) mass is 495 g/mol. The van der Waals surface area contributed by atoms with Gasteiger partial charge >= 0.3 is 6.18 Å². The number of carbonyl (C=O) groups is 1. The molecule has 0 aromatic heterocycles. The van der Waals surface area contributed by atoms with Gasteiger partial charge in [0, 0.05) is 39.1 Å². The third kappa shape index (κ3) is 5.99. The summed E-state index contributed by atoms with van der Waals surface area (Å²) < 4.78 is 50.6. The van der Waals surface area contributed by atoms with Crippen LogP contribution in [0, 0.1) is 0 Å². The number of benzene rings is 2. The van der Waals surface area contributed by atoms with Crippen molar-refractivity contribution < 1.29 is 32.5 Å². The molecule has 1 aliphatic heterocycles. The third-order valence-electron chi connectivity index (χ3n) is 6.18. The minimum atomic E-state index is -4.46. The summed E-state index contributed by atoms with van der Waals surface area (Å²) in [6.07, 6.45) is -3.40. The molecule has 1 heterocycles. The normalized spacial score (nSPS) is 18.5. The Balaban J connectivity index is 1.97. The summed E-state index contributed by atoms with van der Waals surface area (Å²) in [5, 5.41) is 13.0. The van der Waals surface area contributed by atoms with E-state index < -0.39 is 17.5 Å². The molecule has 7 nitrogen and oxygen atoms in total. The fourth-order valence-corrected chi connectivity index (χ4v) is 4.30. The molecule has 2 aromatic carbocycles. The maximum Gasteiger partial charge on any atom is 0.416 e. The van der Waals surface area contributed by atoms with E-state index in [4.69, 9.17) is 9.47 Å². The number of methoxy groups -OCH3 is 1. The molecule has 2 aromatic rings. The first kappa shape index (κ1) is 26.6. The molecule has 1 saturated heterocycles. The second-order valence-electron chi connectivity index (χ2n) is 8.43. The summed E-state index contributed by atoms with van der Waals surface area (Å²) in [6.45, 7) is 4.27. The average molecular weight is 496 g/mol. The quantitative estimate of drug-likeness (QED) is 0.522. The maximum atomic E-state index is 13.9. The zero-order valence-electron chi connectivity index (χ0n) is 20.2. The van der Waals surface area contributed by atoms with Crippen LogP contribution in [0.3, 0.4) is 0 Å². The van der Waals surface area contributed by atoms with Gasteiger partial charge in [0.25, 0.3) is 5.91 Å². The number of halogens is 3. The molecule has 1 aliphatic rings. The lowest BCUT2D eigenvalue weighted by atomic mass is 10.1. The smallest absolute Gasteiger partial charge is 0.416 e. The molecule has 1 fully saturated rings. The van der Waals surface area contributed by atoms with Crippen LogP contribution < -0.4 is 14.8 Å². The van der Waals surface area contributed by atoms with Gasteiger partial charge in [-0.2, -0.15) is 13.2 Å². The number of nitrogens with one attached hydrogen (secondary N) is 1. The SMILES string of the molecule is CCN(CCNC)C(=O)C1(Oc2ccc(C(F)(F)F)cc2)CCCN1Cc1ccc(O)c(OC)c1. The van der Waals surface area contributed by atoms with Crippen LogP contribution in [-0.2, 0) is 17.5 Å². The van der Waals surface area contributed by atoms with E-state index in [1.54, 1.807) is 24.1 Å². The van der Waals surface area contributed by atoms with Crippen molar-refractivity contribution in [3.8, 4) is 17.2 Å². The Hall–Kier alpha value is -2.98. The van der Waals surface area contributed by atoms with Crippen LogP contribution in [0.1, 0.15) is 30.9 Å². The van der Waals surface area contributed by atoms with E-state index in [-0.39, 0.29) is 17.4 Å². The van der Waals surface area contributed by atoms with Gasteiger partial charge in [-0.05, 0) is 62.4 Å². The molecule has 0 aliphatic carbocycles. The van der Waals surface area contributed by atoms with Crippen molar-refractivity contribution in [2.24, 2.45) is 0 Å². The second-order valence-corrected chi connectivity index (χ2v) is 8.43. The highest BCUT2D eigenvalue weighted by Gasteiger charge is 2.51. The lowest BCUT2D eigenvalue weighted by Gasteiger charge is -2.40. The largest absolute Gasteiger partial charge is 0.504 e. The number of nitrogens with zero attached hydrogens (tertiary/aromatic N) is 2. The predicted molar refractivity (Wildman–Crippen MR) is 125 cm³/mol. The Bertz CT molecular complexity index is 1000. The summed E-state index contributed by atoms with van der Waals surface area (Å²) in [5.74, 6) is 0.265. The molecule has 0 saturated carbocycles. The zero-order chi connectivity index (χ0) is 25.6. The number of likely N-dealkylation sites (N-methyl/N-ethyl adjacent to an activating group) is 2. The number of phenols is 1.